The molecule has 40 heavy (non-hydrogen) atoms. The van der Waals surface area contributed by atoms with Gasteiger partial charge in [0.05, 0.1) is 15.6 Å². The first-order valence-electron chi connectivity index (χ1n) is 12.9. The van der Waals surface area contributed by atoms with Crippen LogP contribution in [0.4, 0.5) is 5.69 Å². The predicted octanol–water partition coefficient (Wildman–Crippen LogP) is 6.57. The van der Waals surface area contributed by atoms with E-state index in [0.29, 0.717) is 28.6 Å². The van der Waals surface area contributed by atoms with Crippen molar-refractivity contribution in [3.63, 3.8) is 0 Å². The Kier molecular flexibility index (Phi) is 11.7. The average Bonchev–Trinajstić information content (AvgIpc) is 2.93. The van der Waals surface area contributed by atoms with Crippen LogP contribution in [-0.4, -0.2) is 44.3 Å². The minimum atomic E-state index is -4.20. The third kappa shape index (κ3) is 7.91. The van der Waals surface area contributed by atoms with Gasteiger partial charge in [-0.05, 0) is 54.8 Å². The highest BCUT2D eigenvalue weighted by molar-refractivity contribution is 7.92. The van der Waals surface area contributed by atoms with E-state index in [0.717, 1.165) is 17.1 Å². The molecule has 11 heteroatoms. The predicted molar refractivity (Wildman–Crippen MR) is 161 cm³/mol. The van der Waals surface area contributed by atoms with Gasteiger partial charge in [-0.3, -0.25) is 13.9 Å². The van der Waals surface area contributed by atoms with Crippen molar-refractivity contribution in [2.45, 2.75) is 50.6 Å². The fourth-order valence-electron chi connectivity index (χ4n) is 4.15. The Morgan fingerprint density at radius 2 is 1.57 bits per heavy atom. The molecule has 0 aliphatic carbocycles. The van der Waals surface area contributed by atoms with Crippen molar-refractivity contribution in [3.8, 4) is 0 Å². The van der Waals surface area contributed by atoms with Crippen LogP contribution in [0.25, 0.3) is 0 Å². The van der Waals surface area contributed by atoms with E-state index in [1.165, 1.54) is 23.1 Å². The lowest BCUT2D eigenvalue weighted by Crippen LogP contribution is -2.52. The molecular formula is C29H32Cl3N3O4S. The van der Waals surface area contributed by atoms with Gasteiger partial charge in [-0.2, -0.15) is 0 Å². The van der Waals surface area contributed by atoms with Crippen molar-refractivity contribution in [2.24, 2.45) is 0 Å². The van der Waals surface area contributed by atoms with E-state index in [4.69, 9.17) is 34.8 Å². The molecule has 3 rings (SSSR count). The topological polar surface area (TPSA) is 86.8 Å². The second-order valence-corrected chi connectivity index (χ2v) is 12.2. The molecule has 3 aromatic carbocycles. The summed E-state index contributed by atoms with van der Waals surface area (Å²) in [5.74, 6) is -0.924. The van der Waals surface area contributed by atoms with Gasteiger partial charge in [0.1, 0.15) is 12.6 Å². The van der Waals surface area contributed by atoms with Crippen molar-refractivity contribution in [1.29, 1.82) is 0 Å². The van der Waals surface area contributed by atoms with Gasteiger partial charge in [-0.25, -0.2) is 8.42 Å². The summed E-state index contributed by atoms with van der Waals surface area (Å²) in [7, 11) is -4.20. The molecule has 1 atom stereocenters. The standard InChI is InChI=1S/C29H32Cl3N3O4S/c1-3-5-17-33-29(37)26(4-2)34(19-21-15-16-22(30)18-25(21)32)28(36)20-35(27-14-10-9-13-24(27)31)40(38,39)23-11-7-6-8-12-23/h6-16,18,26H,3-5,17,19-20H2,1-2H3,(H,33,37). The Hall–Kier alpha value is -2.78. The van der Waals surface area contributed by atoms with E-state index in [1.807, 2.05) is 6.92 Å². The molecule has 214 valence electrons. The van der Waals surface area contributed by atoms with Gasteiger partial charge >= 0.3 is 0 Å². The number of para-hydroxylation sites is 1. The maximum atomic E-state index is 14.1. The Morgan fingerprint density at radius 1 is 0.900 bits per heavy atom. The second-order valence-electron chi connectivity index (χ2n) is 9.10. The number of amides is 2. The lowest BCUT2D eigenvalue weighted by atomic mass is 10.1. The fraction of sp³-hybridized carbons (Fsp3) is 0.310. The second kappa shape index (κ2) is 14.7. The minimum Gasteiger partial charge on any atom is -0.354 e. The SMILES string of the molecule is CCCCNC(=O)C(CC)N(Cc1ccc(Cl)cc1Cl)C(=O)CN(c1ccccc1Cl)S(=O)(=O)c1ccccc1. The lowest BCUT2D eigenvalue weighted by molar-refractivity contribution is -0.140. The van der Waals surface area contributed by atoms with Gasteiger partial charge in [-0.1, -0.05) is 91.5 Å². The van der Waals surface area contributed by atoms with Crippen LogP contribution in [0.5, 0.6) is 0 Å². The van der Waals surface area contributed by atoms with Gasteiger partial charge in [0, 0.05) is 23.1 Å². The number of hydrogen-bond donors (Lipinski definition) is 1. The van der Waals surface area contributed by atoms with E-state index in [-0.39, 0.29) is 28.1 Å². The normalized spacial score (nSPS) is 12.0. The molecule has 0 fully saturated rings. The monoisotopic (exact) mass is 623 g/mol. The summed E-state index contributed by atoms with van der Waals surface area (Å²) in [6.07, 6.45) is 1.98. The number of nitrogens with one attached hydrogen (secondary N) is 1. The maximum absolute atomic E-state index is 14.1. The first kappa shape index (κ1) is 31.7. The quantitative estimate of drug-likeness (QED) is 0.218. The van der Waals surface area contributed by atoms with Crippen LogP contribution in [0, 0.1) is 0 Å². The van der Waals surface area contributed by atoms with Gasteiger partial charge in [0.15, 0.2) is 0 Å². The molecule has 7 nitrogen and oxygen atoms in total. The van der Waals surface area contributed by atoms with E-state index < -0.39 is 28.5 Å². The number of nitrogens with zero attached hydrogens (tertiary/aromatic N) is 2. The highest BCUT2D eigenvalue weighted by Crippen LogP contribution is 2.31. The van der Waals surface area contributed by atoms with Gasteiger partial charge in [-0.15, -0.1) is 0 Å². The summed E-state index contributed by atoms with van der Waals surface area (Å²) < 4.78 is 28.6. The molecule has 2 amide bonds. The molecule has 0 saturated carbocycles. The van der Waals surface area contributed by atoms with Crippen molar-refractivity contribution in [1.82, 2.24) is 10.2 Å². The van der Waals surface area contributed by atoms with Crippen LogP contribution in [0.1, 0.15) is 38.7 Å². The number of rotatable bonds is 13. The van der Waals surface area contributed by atoms with Crippen LogP contribution < -0.4 is 9.62 Å². The van der Waals surface area contributed by atoms with Crippen LogP contribution in [-0.2, 0) is 26.2 Å². The molecule has 0 radical (unpaired) electrons. The summed E-state index contributed by atoms with van der Waals surface area (Å²) in [5, 5.41) is 3.80. The van der Waals surface area contributed by atoms with Crippen LogP contribution in [0.15, 0.2) is 77.7 Å². The smallest absolute Gasteiger partial charge is 0.264 e. The number of hydrogen-bond acceptors (Lipinski definition) is 4. The van der Waals surface area contributed by atoms with Gasteiger partial charge in [0.25, 0.3) is 10.0 Å². The number of unbranched alkanes of at least 4 members (excludes halogenated alkanes) is 1. The lowest BCUT2D eigenvalue weighted by Gasteiger charge is -2.33. The summed E-state index contributed by atoms with van der Waals surface area (Å²) in [4.78, 5) is 28.7. The number of halogens is 3. The third-order valence-corrected chi connectivity index (χ3v) is 8.98. The van der Waals surface area contributed by atoms with Gasteiger partial charge in [0.2, 0.25) is 11.8 Å². The number of benzene rings is 3. The molecule has 0 heterocycles. The molecule has 0 spiro atoms. The first-order chi connectivity index (χ1) is 19.1. The van der Waals surface area contributed by atoms with Crippen LogP contribution >= 0.6 is 34.8 Å². The molecule has 0 saturated heterocycles. The Bertz CT molecular complexity index is 1420. The molecular weight excluding hydrogens is 593 g/mol. The van der Waals surface area contributed by atoms with Crippen molar-refractivity contribution in [2.75, 3.05) is 17.4 Å². The summed E-state index contributed by atoms with van der Waals surface area (Å²) in [5.41, 5.74) is 0.709. The Balaban J connectivity index is 2.06. The summed E-state index contributed by atoms with van der Waals surface area (Å²) in [6, 6.07) is 18.2. The minimum absolute atomic E-state index is 0.000587. The van der Waals surface area contributed by atoms with Crippen LogP contribution in [0.2, 0.25) is 15.1 Å². The van der Waals surface area contributed by atoms with Gasteiger partial charge < -0.3 is 10.2 Å². The van der Waals surface area contributed by atoms with Crippen molar-refractivity contribution >= 4 is 62.3 Å². The van der Waals surface area contributed by atoms with Crippen molar-refractivity contribution < 1.29 is 18.0 Å². The van der Waals surface area contributed by atoms with Crippen molar-refractivity contribution in [3.05, 3.63) is 93.4 Å². The highest BCUT2D eigenvalue weighted by atomic mass is 35.5. The Labute approximate surface area is 251 Å². The van der Waals surface area contributed by atoms with E-state index in [2.05, 4.69) is 5.32 Å². The molecule has 1 N–H and O–H groups in total. The average molecular weight is 625 g/mol. The fourth-order valence-corrected chi connectivity index (χ4v) is 6.36. The number of carbonyl (C=O) groups excluding carboxylic acids is 2. The number of carbonyl (C=O) groups is 2. The molecule has 0 bridgehead atoms. The third-order valence-electron chi connectivity index (χ3n) is 6.30. The number of sulfonamides is 1. The molecule has 3 aromatic rings. The largest absolute Gasteiger partial charge is 0.354 e. The molecule has 0 aliphatic heterocycles. The van der Waals surface area contributed by atoms with Crippen LogP contribution in [0.3, 0.4) is 0 Å². The highest BCUT2D eigenvalue weighted by Gasteiger charge is 2.34. The molecule has 0 aliphatic rings. The summed E-state index contributed by atoms with van der Waals surface area (Å²) in [6.45, 7) is 3.64. The first-order valence-corrected chi connectivity index (χ1v) is 15.5. The zero-order valence-electron chi connectivity index (χ0n) is 22.3. The van der Waals surface area contributed by atoms with E-state index in [9.17, 15) is 18.0 Å². The number of anilines is 1. The maximum Gasteiger partial charge on any atom is 0.264 e. The molecule has 0 aromatic heterocycles. The van der Waals surface area contributed by atoms with E-state index >= 15 is 0 Å². The Morgan fingerprint density at radius 3 is 2.20 bits per heavy atom. The zero-order valence-corrected chi connectivity index (χ0v) is 25.4. The van der Waals surface area contributed by atoms with E-state index in [1.54, 1.807) is 61.5 Å². The zero-order chi connectivity index (χ0) is 29.3. The summed E-state index contributed by atoms with van der Waals surface area (Å²) >= 11 is 18.9. The molecule has 1 unspecified atom stereocenters.